The predicted octanol–water partition coefficient (Wildman–Crippen LogP) is 2.35. The molecular weight excluding hydrogens is 214 g/mol. The summed E-state index contributed by atoms with van der Waals surface area (Å²) in [7, 11) is 0. The summed E-state index contributed by atoms with van der Waals surface area (Å²) in [4.78, 5) is 14.1. The van der Waals surface area contributed by atoms with Gasteiger partial charge in [0.1, 0.15) is 11.4 Å². The van der Waals surface area contributed by atoms with Gasteiger partial charge in [-0.3, -0.25) is 10.7 Å². The monoisotopic (exact) mass is 235 g/mol. The van der Waals surface area contributed by atoms with Gasteiger partial charge in [-0.25, -0.2) is 4.79 Å². The Kier molecular flexibility index (Phi) is 2.25. The van der Waals surface area contributed by atoms with Crippen LogP contribution in [0.25, 0.3) is 0 Å². The lowest BCUT2D eigenvalue weighted by molar-refractivity contribution is 0.0698. The van der Waals surface area contributed by atoms with Gasteiger partial charge in [0.25, 0.3) is 0 Å². The van der Waals surface area contributed by atoms with E-state index in [9.17, 15) is 4.79 Å². The van der Waals surface area contributed by atoms with E-state index in [0.29, 0.717) is 23.7 Å². The van der Waals surface area contributed by atoms with Crippen molar-refractivity contribution in [1.82, 2.24) is 10.2 Å². The minimum atomic E-state index is -0.310. The fraction of sp³-hybridized carbons (Fsp3) is 0.846. The molecule has 0 bridgehead atoms. The van der Waals surface area contributed by atoms with Crippen LogP contribution in [0.4, 0.5) is 4.79 Å². The largest absolute Gasteiger partial charge is 0.323 e. The highest BCUT2D eigenvalue weighted by Crippen LogP contribution is 2.48. The number of hydrogen-bond donors (Lipinski definition) is 2. The first-order chi connectivity index (χ1) is 8.07. The molecule has 0 aromatic carbocycles. The molecule has 3 aliphatic rings. The predicted molar refractivity (Wildman–Crippen MR) is 66.0 cm³/mol. The molecule has 0 aromatic heterocycles. The van der Waals surface area contributed by atoms with Gasteiger partial charge in [-0.2, -0.15) is 0 Å². The Hall–Kier alpha value is -1.06. The number of hydrogen-bond acceptors (Lipinski definition) is 2. The van der Waals surface area contributed by atoms with Crippen molar-refractivity contribution in [2.24, 2.45) is 11.8 Å². The summed E-state index contributed by atoms with van der Waals surface area (Å²) in [6, 6.07) is 0.365. The zero-order valence-corrected chi connectivity index (χ0v) is 10.6. The molecule has 2 aliphatic carbocycles. The van der Waals surface area contributed by atoms with Crippen LogP contribution < -0.4 is 5.32 Å². The Bertz CT molecular complexity index is 377. The molecule has 0 aromatic rings. The third-order valence-corrected chi connectivity index (χ3v) is 5.05. The molecule has 94 valence electrons. The molecule has 0 radical (unpaired) electrons. The van der Waals surface area contributed by atoms with E-state index in [2.05, 4.69) is 19.2 Å². The van der Waals surface area contributed by atoms with Gasteiger partial charge in [0.15, 0.2) is 0 Å². The Balaban J connectivity index is 2.01. The van der Waals surface area contributed by atoms with E-state index in [1.165, 1.54) is 6.42 Å². The molecule has 1 saturated heterocycles. The van der Waals surface area contributed by atoms with Gasteiger partial charge in [0.05, 0.1) is 0 Å². The first-order valence-electron chi connectivity index (χ1n) is 6.76. The van der Waals surface area contributed by atoms with Crippen LogP contribution in [0.15, 0.2) is 0 Å². The molecule has 1 heterocycles. The summed E-state index contributed by atoms with van der Waals surface area (Å²) in [5.74, 6) is 1.44. The number of amides is 2. The van der Waals surface area contributed by atoms with Crippen LogP contribution in [-0.4, -0.2) is 28.3 Å². The third kappa shape index (κ3) is 1.36. The average molecular weight is 235 g/mol. The van der Waals surface area contributed by atoms with E-state index < -0.39 is 0 Å². The number of urea groups is 1. The zero-order chi connectivity index (χ0) is 12.2. The maximum atomic E-state index is 12.1. The molecular formula is C13H21N3O. The van der Waals surface area contributed by atoms with E-state index in [4.69, 9.17) is 5.41 Å². The number of nitrogens with zero attached hydrogens (tertiary/aromatic N) is 1. The molecule has 3 rings (SSSR count). The summed E-state index contributed by atoms with van der Waals surface area (Å²) in [5, 5.41) is 11.0. The second-order valence-corrected chi connectivity index (χ2v) is 5.99. The summed E-state index contributed by atoms with van der Waals surface area (Å²) in [6.07, 6.45) is 5.55. The smallest absolute Gasteiger partial charge is 0.308 e. The van der Waals surface area contributed by atoms with E-state index in [0.717, 1.165) is 25.7 Å². The van der Waals surface area contributed by atoms with E-state index >= 15 is 0 Å². The minimum Gasteiger partial charge on any atom is -0.308 e. The normalized spacial score (nSPS) is 42.1. The number of rotatable bonds is 1. The molecule has 2 N–H and O–H groups in total. The quantitative estimate of drug-likeness (QED) is 0.720. The molecule has 1 spiro atoms. The Morgan fingerprint density at radius 2 is 2.06 bits per heavy atom. The highest BCUT2D eigenvalue weighted by Gasteiger charge is 2.59. The summed E-state index contributed by atoms with van der Waals surface area (Å²) in [6.45, 7) is 4.47. The van der Waals surface area contributed by atoms with Gasteiger partial charge in [-0.05, 0) is 31.1 Å². The maximum Gasteiger partial charge on any atom is 0.323 e. The summed E-state index contributed by atoms with van der Waals surface area (Å²) >= 11 is 0. The zero-order valence-electron chi connectivity index (χ0n) is 10.6. The average Bonchev–Trinajstić information content (AvgIpc) is 3.05. The van der Waals surface area contributed by atoms with Crippen molar-refractivity contribution in [2.45, 2.75) is 57.5 Å². The molecule has 3 atom stereocenters. The molecule has 3 fully saturated rings. The SMILES string of the molecule is CC1CCCC2(C(=N)NC(=O)N2C2CC2)C1C. The first kappa shape index (κ1) is 11.1. The van der Waals surface area contributed by atoms with E-state index in [1.54, 1.807) is 0 Å². The molecule has 4 heteroatoms. The fourth-order valence-electron chi connectivity index (χ4n) is 3.74. The van der Waals surface area contributed by atoms with Crippen LogP contribution >= 0.6 is 0 Å². The van der Waals surface area contributed by atoms with Crippen molar-refractivity contribution in [3.63, 3.8) is 0 Å². The van der Waals surface area contributed by atoms with Crippen LogP contribution in [0, 0.1) is 17.2 Å². The van der Waals surface area contributed by atoms with Gasteiger partial charge in [0.2, 0.25) is 0 Å². The van der Waals surface area contributed by atoms with Crippen molar-refractivity contribution in [3.05, 3.63) is 0 Å². The molecule has 1 aliphatic heterocycles. The second kappa shape index (κ2) is 3.47. The molecule has 2 amide bonds. The number of amidine groups is 1. The molecule has 3 unspecified atom stereocenters. The first-order valence-corrected chi connectivity index (χ1v) is 6.76. The molecule has 2 saturated carbocycles. The Labute approximate surface area is 102 Å². The number of carbonyl (C=O) groups is 1. The van der Waals surface area contributed by atoms with Crippen LogP contribution in [-0.2, 0) is 0 Å². The minimum absolute atomic E-state index is 0.0292. The van der Waals surface area contributed by atoms with E-state index in [1.807, 2.05) is 4.90 Å². The highest BCUT2D eigenvalue weighted by molar-refractivity contribution is 6.09. The topological polar surface area (TPSA) is 56.2 Å². The van der Waals surface area contributed by atoms with Gasteiger partial charge >= 0.3 is 6.03 Å². The van der Waals surface area contributed by atoms with Gasteiger partial charge < -0.3 is 4.90 Å². The molecule has 17 heavy (non-hydrogen) atoms. The highest BCUT2D eigenvalue weighted by atomic mass is 16.2. The van der Waals surface area contributed by atoms with E-state index in [-0.39, 0.29) is 11.6 Å². The fourth-order valence-corrected chi connectivity index (χ4v) is 3.74. The van der Waals surface area contributed by atoms with Crippen LogP contribution in [0.5, 0.6) is 0 Å². The van der Waals surface area contributed by atoms with Crippen molar-refractivity contribution >= 4 is 11.9 Å². The number of nitrogens with one attached hydrogen (secondary N) is 2. The lowest BCUT2D eigenvalue weighted by Crippen LogP contribution is -2.58. The standard InChI is InChI=1S/C13H21N3O/c1-8-4-3-7-13(9(8)2)11(14)15-12(17)16(13)10-5-6-10/h8-10H,3-7H2,1-2H3,(H2,14,15,17). The second-order valence-electron chi connectivity index (χ2n) is 5.99. The van der Waals surface area contributed by atoms with Crippen LogP contribution in [0.3, 0.4) is 0 Å². The van der Waals surface area contributed by atoms with Crippen LogP contribution in [0.2, 0.25) is 0 Å². The third-order valence-electron chi connectivity index (χ3n) is 5.05. The lowest BCUT2D eigenvalue weighted by atomic mass is 9.67. The molecule has 4 nitrogen and oxygen atoms in total. The van der Waals surface area contributed by atoms with Crippen molar-refractivity contribution in [2.75, 3.05) is 0 Å². The Morgan fingerprint density at radius 3 is 2.71 bits per heavy atom. The van der Waals surface area contributed by atoms with Crippen molar-refractivity contribution < 1.29 is 4.79 Å². The summed E-state index contributed by atoms with van der Waals surface area (Å²) in [5.41, 5.74) is -0.310. The van der Waals surface area contributed by atoms with Gasteiger partial charge in [0, 0.05) is 6.04 Å². The lowest BCUT2D eigenvalue weighted by Gasteiger charge is -2.47. The number of carbonyl (C=O) groups excluding carboxylic acids is 1. The maximum absolute atomic E-state index is 12.1. The van der Waals surface area contributed by atoms with Gasteiger partial charge in [-0.1, -0.05) is 26.7 Å². The van der Waals surface area contributed by atoms with Crippen molar-refractivity contribution in [1.29, 1.82) is 5.41 Å². The Morgan fingerprint density at radius 1 is 1.35 bits per heavy atom. The van der Waals surface area contributed by atoms with Crippen LogP contribution in [0.1, 0.15) is 46.0 Å². The summed E-state index contributed by atoms with van der Waals surface area (Å²) < 4.78 is 0. The van der Waals surface area contributed by atoms with Crippen molar-refractivity contribution in [3.8, 4) is 0 Å². The van der Waals surface area contributed by atoms with Gasteiger partial charge in [-0.15, -0.1) is 0 Å².